The minimum atomic E-state index is -0.474. The Kier molecular flexibility index (Phi) is 4.79. The summed E-state index contributed by atoms with van der Waals surface area (Å²) in [7, 11) is 0. The van der Waals surface area contributed by atoms with Gasteiger partial charge in [0.05, 0.1) is 16.7 Å². The van der Waals surface area contributed by atoms with E-state index >= 15 is 0 Å². The number of hydrogen-bond acceptors (Lipinski definition) is 3. The molecule has 1 fully saturated rings. The van der Waals surface area contributed by atoms with Gasteiger partial charge in [-0.15, -0.1) is 0 Å². The number of nitrogens with one attached hydrogen (secondary N) is 1. The molecule has 106 valence electrons. The summed E-state index contributed by atoms with van der Waals surface area (Å²) in [6.07, 6.45) is 4.89. The molecule has 1 saturated carbocycles. The van der Waals surface area contributed by atoms with E-state index in [1.807, 2.05) is 6.07 Å². The molecule has 1 aromatic rings. The van der Waals surface area contributed by atoms with Crippen LogP contribution in [0.4, 0.5) is 5.69 Å². The SMILES string of the molecule is N#Cc1cc(Br)ccc1NC(=O)C1(CN)CCCCC1. The van der Waals surface area contributed by atoms with E-state index in [2.05, 4.69) is 27.3 Å². The predicted octanol–water partition coefficient (Wildman–Crippen LogP) is 3.17. The number of rotatable bonds is 3. The maximum atomic E-state index is 12.6. The van der Waals surface area contributed by atoms with E-state index < -0.39 is 5.41 Å². The molecule has 0 aromatic heterocycles. The van der Waals surface area contributed by atoms with Crippen molar-refractivity contribution < 1.29 is 4.79 Å². The van der Waals surface area contributed by atoms with Gasteiger partial charge in [-0.25, -0.2) is 0 Å². The van der Waals surface area contributed by atoms with Crippen LogP contribution >= 0.6 is 15.9 Å². The molecule has 4 nitrogen and oxygen atoms in total. The summed E-state index contributed by atoms with van der Waals surface area (Å²) < 4.78 is 0.818. The van der Waals surface area contributed by atoms with Crippen LogP contribution in [0.2, 0.25) is 0 Å². The number of nitriles is 1. The monoisotopic (exact) mass is 335 g/mol. The summed E-state index contributed by atoms with van der Waals surface area (Å²) in [5.74, 6) is -0.0569. The third-order valence-corrected chi connectivity index (χ3v) is 4.53. The summed E-state index contributed by atoms with van der Waals surface area (Å²) >= 11 is 3.32. The van der Waals surface area contributed by atoms with Gasteiger partial charge in [0.2, 0.25) is 5.91 Å². The van der Waals surface area contributed by atoms with Crippen LogP contribution in [0.1, 0.15) is 37.7 Å². The molecule has 0 heterocycles. The third kappa shape index (κ3) is 3.02. The molecule has 3 N–H and O–H groups in total. The molecule has 5 heteroatoms. The van der Waals surface area contributed by atoms with Gasteiger partial charge in [0.1, 0.15) is 6.07 Å². The second-order valence-electron chi connectivity index (χ2n) is 5.30. The van der Waals surface area contributed by atoms with E-state index in [0.717, 1.165) is 36.6 Å². The minimum Gasteiger partial charge on any atom is -0.329 e. The zero-order valence-corrected chi connectivity index (χ0v) is 12.9. The van der Waals surface area contributed by atoms with Crippen LogP contribution in [0.3, 0.4) is 0 Å². The van der Waals surface area contributed by atoms with Crippen LogP contribution in [0, 0.1) is 16.7 Å². The van der Waals surface area contributed by atoms with Crippen molar-refractivity contribution in [2.45, 2.75) is 32.1 Å². The first-order valence-corrected chi connectivity index (χ1v) is 7.62. The van der Waals surface area contributed by atoms with Crippen LogP contribution in [-0.4, -0.2) is 12.5 Å². The number of halogens is 1. The first kappa shape index (κ1) is 15.0. The standard InChI is InChI=1S/C15H18BrN3O/c16-12-4-5-13(11(8-12)9-17)19-14(20)15(10-18)6-2-1-3-7-15/h4-5,8H,1-3,6-7,10,18H2,(H,19,20). The second-order valence-corrected chi connectivity index (χ2v) is 6.22. The number of carbonyl (C=O) groups is 1. The number of amides is 1. The number of benzene rings is 1. The molecule has 2 rings (SSSR count). The number of hydrogen-bond donors (Lipinski definition) is 2. The summed E-state index contributed by atoms with van der Waals surface area (Å²) in [4.78, 5) is 12.6. The average Bonchev–Trinajstić information content (AvgIpc) is 2.49. The number of nitrogens with two attached hydrogens (primary N) is 1. The molecule has 1 aromatic carbocycles. The summed E-state index contributed by atoms with van der Waals surface area (Å²) in [5.41, 5.74) is 6.39. The molecule has 1 amide bonds. The Bertz CT molecular complexity index is 545. The van der Waals surface area contributed by atoms with Crippen LogP contribution < -0.4 is 11.1 Å². The van der Waals surface area contributed by atoms with Gasteiger partial charge in [-0.3, -0.25) is 4.79 Å². The highest BCUT2D eigenvalue weighted by molar-refractivity contribution is 9.10. The number of carbonyl (C=O) groups excluding carboxylic acids is 1. The van der Waals surface area contributed by atoms with E-state index in [1.165, 1.54) is 0 Å². The average molecular weight is 336 g/mol. The Morgan fingerprint density at radius 2 is 2.10 bits per heavy atom. The van der Waals surface area contributed by atoms with Crippen molar-refractivity contribution in [3.63, 3.8) is 0 Å². The predicted molar refractivity (Wildman–Crippen MR) is 82.1 cm³/mol. The fraction of sp³-hybridized carbons (Fsp3) is 0.467. The molecular weight excluding hydrogens is 318 g/mol. The van der Waals surface area contributed by atoms with Crippen LogP contribution in [0.25, 0.3) is 0 Å². The lowest BCUT2D eigenvalue weighted by molar-refractivity contribution is -0.126. The molecule has 0 spiro atoms. The molecule has 0 aliphatic heterocycles. The van der Waals surface area contributed by atoms with E-state index in [0.29, 0.717) is 17.8 Å². The third-order valence-electron chi connectivity index (χ3n) is 4.03. The van der Waals surface area contributed by atoms with Crippen LogP contribution in [0.15, 0.2) is 22.7 Å². The summed E-state index contributed by atoms with van der Waals surface area (Å²) in [6.45, 7) is 0.358. The lowest BCUT2D eigenvalue weighted by atomic mass is 9.73. The molecule has 0 bridgehead atoms. The highest BCUT2D eigenvalue weighted by Gasteiger charge is 2.38. The van der Waals surface area contributed by atoms with Crippen molar-refractivity contribution in [3.8, 4) is 6.07 Å². The maximum Gasteiger partial charge on any atom is 0.231 e. The van der Waals surface area contributed by atoms with E-state index in [1.54, 1.807) is 12.1 Å². The van der Waals surface area contributed by atoms with Crippen molar-refractivity contribution in [2.75, 3.05) is 11.9 Å². The number of anilines is 1. The lowest BCUT2D eigenvalue weighted by Gasteiger charge is -2.34. The fourth-order valence-corrected chi connectivity index (χ4v) is 3.09. The molecule has 0 saturated heterocycles. The van der Waals surface area contributed by atoms with Gasteiger partial charge in [-0.2, -0.15) is 5.26 Å². The van der Waals surface area contributed by atoms with E-state index in [-0.39, 0.29) is 5.91 Å². The molecule has 1 aliphatic rings. The maximum absolute atomic E-state index is 12.6. The van der Waals surface area contributed by atoms with Gasteiger partial charge >= 0.3 is 0 Å². The Morgan fingerprint density at radius 3 is 2.70 bits per heavy atom. The van der Waals surface area contributed by atoms with Crippen LogP contribution in [0.5, 0.6) is 0 Å². The molecule has 1 aliphatic carbocycles. The van der Waals surface area contributed by atoms with Crippen molar-refractivity contribution in [1.29, 1.82) is 5.26 Å². The van der Waals surface area contributed by atoms with Crippen molar-refractivity contribution in [1.82, 2.24) is 0 Å². The van der Waals surface area contributed by atoms with E-state index in [4.69, 9.17) is 11.0 Å². The first-order chi connectivity index (χ1) is 9.61. The lowest BCUT2D eigenvalue weighted by Crippen LogP contribution is -2.43. The zero-order valence-electron chi connectivity index (χ0n) is 11.3. The minimum absolute atomic E-state index is 0.0569. The molecule has 0 radical (unpaired) electrons. The first-order valence-electron chi connectivity index (χ1n) is 6.82. The topological polar surface area (TPSA) is 78.9 Å². The Balaban J connectivity index is 2.21. The van der Waals surface area contributed by atoms with Crippen LogP contribution in [-0.2, 0) is 4.79 Å². The smallest absolute Gasteiger partial charge is 0.231 e. The van der Waals surface area contributed by atoms with Gasteiger partial charge in [0.25, 0.3) is 0 Å². The van der Waals surface area contributed by atoms with Gasteiger partial charge in [0, 0.05) is 11.0 Å². The van der Waals surface area contributed by atoms with Crippen molar-refractivity contribution in [3.05, 3.63) is 28.2 Å². The highest BCUT2D eigenvalue weighted by Crippen LogP contribution is 2.36. The molecule has 20 heavy (non-hydrogen) atoms. The van der Waals surface area contributed by atoms with Gasteiger partial charge in [0.15, 0.2) is 0 Å². The largest absolute Gasteiger partial charge is 0.329 e. The molecule has 0 unspecified atom stereocenters. The van der Waals surface area contributed by atoms with Gasteiger partial charge < -0.3 is 11.1 Å². The van der Waals surface area contributed by atoms with Gasteiger partial charge in [-0.1, -0.05) is 35.2 Å². The molecule has 0 atom stereocenters. The van der Waals surface area contributed by atoms with Crippen molar-refractivity contribution in [2.24, 2.45) is 11.1 Å². The summed E-state index contributed by atoms with van der Waals surface area (Å²) in [5, 5.41) is 12.0. The molecular formula is C15H18BrN3O. The second kappa shape index (κ2) is 6.38. The fourth-order valence-electron chi connectivity index (χ4n) is 2.73. The zero-order chi connectivity index (χ0) is 14.6. The van der Waals surface area contributed by atoms with Crippen molar-refractivity contribution >= 4 is 27.5 Å². The highest BCUT2D eigenvalue weighted by atomic mass is 79.9. The normalized spacial score (nSPS) is 17.2. The van der Waals surface area contributed by atoms with Gasteiger partial charge in [-0.05, 0) is 31.0 Å². The Labute approximate surface area is 127 Å². The Hall–Kier alpha value is -1.38. The number of nitrogens with zero attached hydrogens (tertiary/aromatic N) is 1. The van der Waals surface area contributed by atoms with E-state index in [9.17, 15) is 4.79 Å². The summed E-state index contributed by atoms with van der Waals surface area (Å²) in [6, 6.07) is 7.35. The Morgan fingerprint density at radius 1 is 1.40 bits per heavy atom. The quantitative estimate of drug-likeness (QED) is 0.890.